The van der Waals surface area contributed by atoms with Crippen LogP contribution in [0.4, 0.5) is 0 Å². The van der Waals surface area contributed by atoms with Gasteiger partial charge >= 0.3 is 17.9 Å². The molecule has 0 radical (unpaired) electrons. The van der Waals surface area contributed by atoms with Gasteiger partial charge in [0.25, 0.3) is 0 Å². The Kier molecular flexibility index (Phi) is 58.7. The monoisotopic (exact) mass is 1010 g/mol. The van der Waals surface area contributed by atoms with Crippen LogP contribution in [0, 0.1) is 0 Å². The third-order valence-electron chi connectivity index (χ3n) is 14.1. The Morgan fingerprint density at radius 3 is 0.847 bits per heavy atom. The van der Waals surface area contributed by atoms with E-state index in [-0.39, 0.29) is 31.1 Å². The average molecular weight is 1010 g/mol. The summed E-state index contributed by atoms with van der Waals surface area (Å²) < 4.78 is 16.9. The molecule has 0 spiro atoms. The fraction of sp³-hybridized carbons (Fsp3) is 0.833. The lowest BCUT2D eigenvalue weighted by atomic mass is 10.0. The van der Waals surface area contributed by atoms with Gasteiger partial charge in [-0.15, -0.1) is 0 Å². The topological polar surface area (TPSA) is 78.9 Å². The van der Waals surface area contributed by atoms with E-state index in [0.717, 1.165) is 57.8 Å². The largest absolute Gasteiger partial charge is 0.462 e. The van der Waals surface area contributed by atoms with Crippen molar-refractivity contribution in [3.63, 3.8) is 0 Å². The molecule has 0 aliphatic heterocycles. The highest BCUT2D eigenvalue weighted by Crippen LogP contribution is 2.17. The van der Waals surface area contributed by atoms with Gasteiger partial charge in [-0.3, -0.25) is 14.4 Å². The Labute approximate surface area is 448 Å². The van der Waals surface area contributed by atoms with E-state index in [9.17, 15) is 14.4 Å². The number of ether oxygens (including phenoxy) is 3. The standard InChI is InChI=1S/C66H120O6/c1-4-7-10-13-16-19-22-25-28-31-33-36-38-41-44-47-50-53-56-59-65(68)71-62-63(61-70-64(67)58-55-52-49-46-43-40-37-34-30-27-24-21-18-15-12-9-6-3)72-66(69)60-57-54-51-48-45-42-39-35-32-29-26-23-20-17-14-11-8-5-2/h27,30-31,33,37,40,46,49,63H,4-26,28-29,32,34-36,38-39,41-45,47-48,50-62H2,1-3H3/b30-27-,33-31-,40-37-,49-46-. The Balaban J connectivity index is 4.40. The molecule has 0 aromatic rings. The number of rotatable bonds is 58. The zero-order valence-corrected chi connectivity index (χ0v) is 48.2. The van der Waals surface area contributed by atoms with Crippen LogP contribution in [0.3, 0.4) is 0 Å². The normalized spacial score (nSPS) is 12.3. The van der Waals surface area contributed by atoms with Crippen molar-refractivity contribution in [3.8, 4) is 0 Å². The summed E-state index contributed by atoms with van der Waals surface area (Å²) in [6, 6.07) is 0. The van der Waals surface area contributed by atoms with Crippen LogP contribution in [-0.4, -0.2) is 37.2 Å². The molecule has 0 saturated carbocycles. The minimum atomic E-state index is -0.794. The maximum Gasteiger partial charge on any atom is 0.306 e. The van der Waals surface area contributed by atoms with Gasteiger partial charge in [0.1, 0.15) is 13.2 Å². The number of allylic oxidation sites excluding steroid dienone is 8. The third kappa shape index (κ3) is 58.3. The van der Waals surface area contributed by atoms with Crippen LogP contribution >= 0.6 is 0 Å². The number of hydrogen-bond donors (Lipinski definition) is 0. The van der Waals surface area contributed by atoms with E-state index in [1.165, 1.54) is 231 Å². The van der Waals surface area contributed by atoms with Gasteiger partial charge in [0.05, 0.1) is 0 Å². The van der Waals surface area contributed by atoms with E-state index in [1.54, 1.807) is 0 Å². The molecule has 0 fully saturated rings. The molecule has 1 unspecified atom stereocenters. The molecule has 0 aromatic carbocycles. The molecule has 0 aromatic heterocycles. The predicted molar refractivity (Wildman–Crippen MR) is 312 cm³/mol. The van der Waals surface area contributed by atoms with E-state index in [4.69, 9.17) is 14.2 Å². The second-order valence-electron chi connectivity index (χ2n) is 21.3. The molecule has 72 heavy (non-hydrogen) atoms. The Morgan fingerprint density at radius 2 is 0.514 bits per heavy atom. The third-order valence-corrected chi connectivity index (χ3v) is 14.1. The number of esters is 3. The maximum absolute atomic E-state index is 12.9. The molecule has 0 bridgehead atoms. The number of hydrogen-bond acceptors (Lipinski definition) is 6. The average Bonchev–Trinajstić information content (AvgIpc) is 3.38. The van der Waals surface area contributed by atoms with Crippen molar-refractivity contribution < 1.29 is 28.6 Å². The Hall–Kier alpha value is -2.63. The highest BCUT2D eigenvalue weighted by molar-refractivity contribution is 5.71. The lowest BCUT2D eigenvalue weighted by Crippen LogP contribution is -2.30. The summed E-state index contributed by atoms with van der Waals surface area (Å²) in [6.07, 6.45) is 75.5. The van der Waals surface area contributed by atoms with E-state index >= 15 is 0 Å². The molecular weight excluding hydrogens is 889 g/mol. The minimum Gasteiger partial charge on any atom is -0.462 e. The van der Waals surface area contributed by atoms with Gasteiger partial charge in [0, 0.05) is 19.3 Å². The van der Waals surface area contributed by atoms with Crippen molar-refractivity contribution in [1.29, 1.82) is 0 Å². The highest BCUT2D eigenvalue weighted by atomic mass is 16.6. The molecule has 0 saturated heterocycles. The first-order valence-electron chi connectivity index (χ1n) is 31.6. The molecule has 6 heteroatoms. The van der Waals surface area contributed by atoms with Crippen molar-refractivity contribution in [2.45, 2.75) is 341 Å². The van der Waals surface area contributed by atoms with Crippen molar-refractivity contribution in [1.82, 2.24) is 0 Å². The molecule has 0 aliphatic carbocycles. The maximum atomic E-state index is 12.9. The van der Waals surface area contributed by atoms with Crippen molar-refractivity contribution >= 4 is 17.9 Å². The van der Waals surface area contributed by atoms with Crippen molar-refractivity contribution in [2.75, 3.05) is 13.2 Å². The minimum absolute atomic E-state index is 0.0876. The molecule has 0 N–H and O–H groups in total. The molecule has 1 atom stereocenters. The lowest BCUT2D eigenvalue weighted by molar-refractivity contribution is -0.167. The first kappa shape index (κ1) is 69.4. The number of carbonyl (C=O) groups excluding carboxylic acids is 3. The quantitative estimate of drug-likeness (QED) is 0.0261. The van der Waals surface area contributed by atoms with Gasteiger partial charge < -0.3 is 14.2 Å². The second-order valence-corrected chi connectivity index (χ2v) is 21.3. The zero-order chi connectivity index (χ0) is 52.2. The first-order valence-corrected chi connectivity index (χ1v) is 31.6. The van der Waals surface area contributed by atoms with Crippen LogP contribution in [0.5, 0.6) is 0 Å². The van der Waals surface area contributed by atoms with E-state index in [0.29, 0.717) is 25.7 Å². The summed E-state index contributed by atoms with van der Waals surface area (Å²) >= 11 is 0. The van der Waals surface area contributed by atoms with Crippen LogP contribution in [0.15, 0.2) is 48.6 Å². The lowest BCUT2D eigenvalue weighted by Gasteiger charge is -2.18. The molecule has 0 rings (SSSR count). The highest BCUT2D eigenvalue weighted by Gasteiger charge is 2.19. The fourth-order valence-corrected chi connectivity index (χ4v) is 9.28. The van der Waals surface area contributed by atoms with E-state index < -0.39 is 6.10 Å². The molecular formula is C66H120O6. The summed E-state index contributed by atoms with van der Waals surface area (Å²) in [7, 11) is 0. The van der Waals surface area contributed by atoms with E-state index in [2.05, 4.69) is 69.4 Å². The molecule has 420 valence electrons. The predicted octanol–water partition coefficient (Wildman–Crippen LogP) is 21.4. The molecule has 0 amide bonds. The molecule has 0 heterocycles. The summed E-state index contributed by atoms with van der Waals surface area (Å²) in [5.74, 6) is -0.925. The summed E-state index contributed by atoms with van der Waals surface area (Å²) in [6.45, 7) is 6.64. The summed E-state index contributed by atoms with van der Waals surface area (Å²) in [4.78, 5) is 38.3. The molecule has 6 nitrogen and oxygen atoms in total. The van der Waals surface area contributed by atoms with Crippen molar-refractivity contribution in [2.24, 2.45) is 0 Å². The Morgan fingerprint density at radius 1 is 0.278 bits per heavy atom. The van der Waals surface area contributed by atoms with Gasteiger partial charge in [-0.05, 0) is 77.0 Å². The Bertz CT molecular complexity index is 1250. The van der Waals surface area contributed by atoms with Gasteiger partial charge in [-0.2, -0.15) is 0 Å². The SMILES string of the molecule is CCCCCCCC/C=C\C/C=C\C/C=C\CCCC(=O)OCC(COC(=O)CCCCCCCCC/C=C\CCCCCCCCCC)OC(=O)CCCCCCCCCCCCCCCCCCCC. The molecule has 0 aliphatic rings. The summed E-state index contributed by atoms with van der Waals surface area (Å²) in [5, 5.41) is 0. The van der Waals surface area contributed by atoms with Crippen molar-refractivity contribution in [3.05, 3.63) is 48.6 Å². The van der Waals surface area contributed by atoms with Crippen LogP contribution in [0.2, 0.25) is 0 Å². The van der Waals surface area contributed by atoms with Gasteiger partial charge in [-0.25, -0.2) is 0 Å². The van der Waals surface area contributed by atoms with Crippen LogP contribution < -0.4 is 0 Å². The van der Waals surface area contributed by atoms with E-state index in [1.807, 2.05) is 0 Å². The first-order chi connectivity index (χ1) is 35.5. The van der Waals surface area contributed by atoms with Gasteiger partial charge in [0.2, 0.25) is 0 Å². The van der Waals surface area contributed by atoms with Crippen LogP contribution in [0.1, 0.15) is 335 Å². The second kappa shape index (κ2) is 60.9. The van der Waals surface area contributed by atoms with Gasteiger partial charge in [-0.1, -0.05) is 288 Å². The smallest absolute Gasteiger partial charge is 0.306 e. The number of unbranched alkanes of at least 4 members (excludes halogenated alkanes) is 39. The zero-order valence-electron chi connectivity index (χ0n) is 48.2. The van der Waals surface area contributed by atoms with Gasteiger partial charge in [0.15, 0.2) is 6.10 Å². The number of carbonyl (C=O) groups is 3. The summed E-state index contributed by atoms with van der Waals surface area (Å²) in [5.41, 5.74) is 0. The van der Waals surface area contributed by atoms with Crippen LogP contribution in [0.25, 0.3) is 0 Å². The fourth-order valence-electron chi connectivity index (χ4n) is 9.28. The van der Waals surface area contributed by atoms with Crippen LogP contribution in [-0.2, 0) is 28.6 Å².